The first-order valence-corrected chi connectivity index (χ1v) is 9.63. The number of hydrogen-bond acceptors (Lipinski definition) is 2. The number of rotatable bonds is 5. The van der Waals surface area contributed by atoms with Crippen molar-refractivity contribution >= 4 is 44.3 Å². The lowest BCUT2D eigenvalue weighted by Crippen LogP contribution is -2.23. The van der Waals surface area contributed by atoms with Crippen LogP contribution in [0, 0.1) is 13.8 Å². The first-order chi connectivity index (χ1) is 12.9. The summed E-state index contributed by atoms with van der Waals surface area (Å²) >= 11 is 3.61. The van der Waals surface area contributed by atoms with Crippen molar-refractivity contribution in [3.63, 3.8) is 0 Å². The second-order valence-corrected chi connectivity index (χ2v) is 7.23. The van der Waals surface area contributed by atoms with Gasteiger partial charge in [0.1, 0.15) is 6.54 Å². The quantitative estimate of drug-likeness (QED) is 0.633. The van der Waals surface area contributed by atoms with E-state index in [1.807, 2.05) is 55.7 Å². The molecule has 0 unspecified atom stereocenters. The number of fused-ring (bicyclic) bond motifs is 1. The van der Waals surface area contributed by atoms with E-state index in [4.69, 9.17) is 0 Å². The summed E-state index contributed by atoms with van der Waals surface area (Å²) in [6.07, 6.45) is 0. The largest absolute Gasteiger partial charge is 0.352 e. The zero-order chi connectivity index (χ0) is 19.6. The lowest BCUT2D eigenvalue weighted by Gasteiger charge is -2.12. The highest BCUT2D eigenvalue weighted by atomic mass is 79.9. The summed E-state index contributed by atoms with van der Waals surface area (Å²) in [5.41, 5.74) is 4.09. The average molecular weight is 428 g/mol. The predicted molar refractivity (Wildman–Crippen MR) is 112 cm³/mol. The summed E-state index contributed by atoms with van der Waals surface area (Å²) in [6.45, 7) is 6.52. The second kappa shape index (κ2) is 7.96. The Morgan fingerprint density at radius 1 is 1.11 bits per heavy atom. The molecule has 0 aliphatic rings. The normalized spacial score (nSPS) is 10.8. The van der Waals surface area contributed by atoms with E-state index < -0.39 is 0 Å². The SMILES string of the molecule is CCNC(=O)c1ccc(C)c(NC(=O)Cn2c(C)c(Br)c3ccccc32)c1. The van der Waals surface area contributed by atoms with Gasteiger partial charge >= 0.3 is 0 Å². The predicted octanol–water partition coefficient (Wildman–Crippen LogP) is 4.41. The van der Waals surface area contributed by atoms with E-state index in [0.717, 1.165) is 26.6 Å². The fraction of sp³-hybridized carbons (Fsp3) is 0.238. The number of anilines is 1. The highest BCUT2D eigenvalue weighted by molar-refractivity contribution is 9.10. The lowest BCUT2D eigenvalue weighted by molar-refractivity contribution is -0.116. The molecule has 0 bridgehead atoms. The number of nitrogens with one attached hydrogen (secondary N) is 2. The standard InChI is InChI=1S/C21H22BrN3O2/c1-4-23-21(27)15-10-9-13(2)17(11-15)24-19(26)12-25-14(3)20(22)16-7-5-6-8-18(16)25/h5-11H,4,12H2,1-3H3,(H,23,27)(H,24,26). The van der Waals surface area contributed by atoms with Crippen molar-refractivity contribution in [3.8, 4) is 0 Å². The van der Waals surface area contributed by atoms with Crippen LogP contribution in [0.5, 0.6) is 0 Å². The van der Waals surface area contributed by atoms with Gasteiger partial charge in [0.15, 0.2) is 0 Å². The van der Waals surface area contributed by atoms with Crippen molar-refractivity contribution in [1.82, 2.24) is 9.88 Å². The van der Waals surface area contributed by atoms with Gasteiger partial charge in [-0.15, -0.1) is 0 Å². The van der Waals surface area contributed by atoms with Crippen molar-refractivity contribution in [1.29, 1.82) is 0 Å². The molecule has 0 aliphatic heterocycles. The van der Waals surface area contributed by atoms with Crippen LogP contribution in [0.25, 0.3) is 10.9 Å². The molecule has 2 aromatic carbocycles. The van der Waals surface area contributed by atoms with Crippen molar-refractivity contribution in [2.24, 2.45) is 0 Å². The molecule has 27 heavy (non-hydrogen) atoms. The Balaban J connectivity index is 1.84. The third kappa shape index (κ3) is 3.90. The fourth-order valence-electron chi connectivity index (χ4n) is 3.09. The Hall–Kier alpha value is -2.60. The smallest absolute Gasteiger partial charge is 0.251 e. The molecule has 5 nitrogen and oxygen atoms in total. The van der Waals surface area contributed by atoms with Crippen LogP contribution in [0.2, 0.25) is 0 Å². The molecule has 0 saturated carbocycles. The maximum Gasteiger partial charge on any atom is 0.251 e. The number of carbonyl (C=O) groups is 2. The topological polar surface area (TPSA) is 63.1 Å². The van der Waals surface area contributed by atoms with E-state index in [9.17, 15) is 9.59 Å². The molecule has 1 aromatic heterocycles. The highest BCUT2D eigenvalue weighted by Crippen LogP contribution is 2.30. The van der Waals surface area contributed by atoms with Crippen LogP contribution in [0.1, 0.15) is 28.5 Å². The Morgan fingerprint density at radius 2 is 1.85 bits per heavy atom. The van der Waals surface area contributed by atoms with Crippen LogP contribution in [0.4, 0.5) is 5.69 Å². The van der Waals surface area contributed by atoms with E-state index in [0.29, 0.717) is 17.8 Å². The van der Waals surface area contributed by atoms with Crippen LogP contribution in [0.15, 0.2) is 46.9 Å². The molecule has 3 aromatic rings. The Kier molecular flexibility index (Phi) is 5.65. The minimum Gasteiger partial charge on any atom is -0.352 e. The van der Waals surface area contributed by atoms with Crippen molar-refractivity contribution < 1.29 is 9.59 Å². The zero-order valence-electron chi connectivity index (χ0n) is 15.6. The summed E-state index contributed by atoms with van der Waals surface area (Å²) < 4.78 is 2.98. The van der Waals surface area contributed by atoms with E-state index in [1.165, 1.54) is 0 Å². The molecule has 0 aliphatic carbocycles. The van der Waals surface area contributed by atoms with Crippen LogP contribution < -0.4 is 10.6 Å². The number of aromatic nitrogens is 1. The highest BCUT2D eigenvalue weighted by Gasteiger charge is 2.15. The van der Waals surface area contributed by atoms with Crippen LogP contribution >= 0.6 is 15.9 Å². The lowest BCUT2D eigenvalue weighted by atomic mass is 10.1. The summed E-state index contributed by atoms with van der Waals surface area (Å²) in [5.74, 6) is -0.285. The van der Waals surface area contributed by atoms with E-state index >= 15 is 0 Å². The van der Waals surface area contributed by atoms with Crippen LogP contribution in [-0.2, 0) is 11.3 Å². The molecule has 0 saturated heterocycles. The number of aryl methyl sites for hydroxylation is 1. The van der Waals surface area contributed by atoms with Crippen LogP contribution in [-0.4, -0.2) is 22.9 Å². The number of hydrogen-bond donors (Lipinski definition) is 2. The monoisotopic (exact) mass is 427 g/mol. The molecule has 0 atom stereocenters. The maximum atomic E-state index is 12.7. The number of halogens is 1. The summed E-state index contributed by atoms with van der Waals surface area (Å²) in [4.78, 5) is 24.7. The first kappa shape index (κ1) is 19.2. The van der Waals surface area contributed by atoms with E-state index in [-0.39, 0.29) is 18.4 Å². The van der Waals surface area contributed by atoms with Gasteiger partial charge < -0.3 is 15.2 Å². The fourth-order valence-corrected chi connectivity index (χ4v) is 3.64. The molecule has 140 valence electrons. The Bertz CT molecular complexity index is 1020. The molecular weight excluding hydrogens is 406 g/mol. The number of benzene rings is 2. The van der Waals surface area contributed by atoms with Crippen molar-refractivity contribution in [3.05, 3.63) is 63.8 Å². The van der Waals surface area contributed by atoms with E-state index in [2.05, 4.69) is 26.6 Å². The molecule has 0 radical (unpaired) electrons. The molecule has 6 heteroatoms. The minimum absolute atomic E-state index is 0.137. The zero-order valence-corrected chi connectivity index (χ0v) is 17.2. The Morgan fingerprint density at radius 3 is 2.59 bits per heavy atom. The summed E-state index contributed by atoms with van der Waals surface area (Å²) in [7, 11) is 0. The Labute approximate surface area is 166 Å². The first-order valence-electron chi connectivity index (χ1n) is 8.84. The molecule has 3 rings (SSSR count). The molecule has 0 fully saturated rings. The third-order valence-electron chi connectivity index (χ3n) is 4.57. The average Bonchev–Trinajstić information content (AvgIpc) is 2.89. The molecule has 2 N–H and O–H groups in total. The van der Waals surface area contributed by atoms with Gasteiger partial charge in [0.2, 0.25) is 5.91 Å². The van der Waals surface area contributed by atoms with Gasteiger partial charge in [0, 0.05) is 38.9 Å². The maximum absolute atomic E-state index is 12.7. The van der Waals surface area contributed by atoms with Gasteiger partial charge in [0.05, 0.1) is 0 Å². The van der Waals surface area contributed by atoms with Gasteiger partial charge in [0.25, 0.3) is 5.91 Å². The summed E-state index contributed by atoms with van der Waals surface area (Å²) in [6, 6.07) is 13.3. The van der Waals surface area contributed by atoms with Crippen LogP contribution in [0.3, 0.4) is 0 Å². The van der Waals surface area contributed by atoms with Gasteiger partial charge in [-0.25, -0.2) is 0 Å². The van der Waals surface area contributed by atoms with Crippen molar-refractivity contribution in [2.45, 2.75) is 27.3 Å². The second-order valence-electron chi connectivity index (χ2n) is 6.44. The number of para-hydroxylation sites is 1. The molecule has 2 amide bonds. The third-order valence-corrected chi connectivity index (χ3v) is 5.57. The molecule has 1 heterocycles. The van der Waals surface area contributed by atoms with Gasteiger partial charge in [-0.1, -0.05) is 24.3 Å². The number of carbonyl (C=O) groups excluding carboxylic acids is 2. The minimum atomic E-state index is -0.149. The van der Waals surface area contributed by atoms with E-state index in [1.54, 1.807) is 12.1 Å². The molecule has 0 spiro atoms. The van der Waals surface area contributed by atoms with Gasteiger partial charge in [-0.3, -0.25) is 9.59 Å². The summed E-state index contributed by atoms with van der Waals surface area (Å²) in [5, 5.41) is 6.79. The molecular formula is C21H22BrN3O2. The number of amides is 2. The van der Waals surface area contributed by atoms with Crippen molar-refractivity contribution in [2.75, 3.05) is 11.9 Å². The van der Waals surface area contributed by atoms with Gasteiger partial charge in [-0.2, -0.15) is 0 Å². The number of nitrogens with zero attached hydrogens (tertiary/aromatic N) is 1. The van der Waals surface area contributed by atoms with Gasteiger partial charge in [-0.05, 0) is 60.5 Å².